The van der Waals surface area contributed by atoms with Gasteiger partial charge < -0.3 is 9.67 Å². The molecule has 0 aliphatic rings. The molecular weight excluding hydrogens is 286 g/mol. The van der Waals surface area contributed by atoms with E-state index in [1.54, 1.807) is 4.57 Å². The molecule has 0 spiro atoms. The van der Waals surface area contributed by atoms with Crippen LogP contribution in [0.15, 0.2) is 42.5 Å². The molecule has 0 fully saturated rings. The predicted octanol–water partition coefficient (Wildman–Crippen LogP) is 3.09. The summed E-state index contributed by atoms with van der Waals surface area (Å²) in [4.78, 5) is 4.39. The average Bonchev–Trinajstić information content (AvgIpc) is 2.84. The van der Waals surface area contributed by atoms with Gasteiger partial charge in [0.1, 0.15) is 5.82 Å². The predicted molar refractivity (Wildman–Crippen MR) is 80.6 cm³/mol. The number of halogens is 2. The van der Waals surface area contributed by atoms with Crippen LogP contribution in [-0.4, -0.2) is 21.3 Å². The van der Waals surface area contributed by atoms with E-state index in [1.807, 2.05) is 30.3 Å². The van der Waals surface area contributed by atoms with E-state index in [0.717, 1.165) is 24.4 Å². The lowest BCUT2D eigenvalue weighted by atomic mass is 10.1. The number of imidazole rings is 1. The molecule has 1 heterocycles. The Labute approximate surface area is 126 Å². The molecule has 5 heteroatoms. The van der Waals surface area contributed by atoms with Crippen LogP contribution in [0, 0.1) is 11.6 Å². The minimum atomic E-state index is -0.907. The Bertz CT molecular complexity index is 784. The number of hydrogen-bond acceptors (Lipinski definition) is 2. The lowest BCUT2D eigenvalue weighted by molar-refractivity contribution is 0.276. The van der Waals surface area contributed by atoms with Crippen LogP contribution in [0.3, 0.4) is 0 Å². The third-order valence-corrected chi connectivity index (χ3v) is 3.67. The van der Waals surface area contributed by atoms with Crippen LogP contribution in [-0.2, 0) is 19.4 Å². The Kier molecular flexibility index (Phi) is 4.15. The maximum absolute atomic E-state index is 13.5. The largest absolute Gasteiger partial charge is 0.395 e. The molecule has 0 bridgehead atoms. The Hall–Kier alpha value is -2.27. The number of aromatic nitrogens is 2. The Morgan fingerprint density at radius 1 is 1.00 bits per heavy atom. The molecule has 0 unspecified atom stereocenters. The summed E-state index contributed by atoms with van der Waals surface area (Å²) in [6, 6.07) is 12.2. The highest BCUT2D eigenvalue weighted by atomic mass is 19.2. The Balaban J connectivity index is 1.95. The number of hydrogen-bond donors (Lipinski definition) is 1. The summed E-state index contributed by atoms with van der Waals surface area (Å²) in [5.74, 6) is -1.09. The molecule has 0 saturated carbocycles. The maximum atomic E-state index is 13.5. The molecule has 1 N–H and O–H groups in total. The lowest BCUT2D eigenvalue weighted by Gasteiger charge is -2.07. The van der Waals surface area contributed by atoms with Crippen molar-refractivity contribution in [3.63, 3.8) is 0 Å². The summed E-state index contributed by atoms with van der Waals surface area (Å²) in [6.07, 6.45) is 1.42. The number of aryl methyl sites for hydroxylation is 2. The highest BCUT2D eigenvalue weighted by Crippen LogP contribution is 2.21. The van der Waals surface area contributed by atoms with E-state index in [1.165, 1.54) is 5.56 Å². The lowest BCUT2D eigenvalue weighted by Crippen LogP contribution is -2.08. The van der Waals surface area contributed by atoms with Crippen LogP contribution in [0.5, 0.6) is 0 Å². The molecule has 3 nitrogen and oxygen atoms in total. The smallest absolute Gasteiger partial charge is 0.161 e. The molecule has 0 amide bonds. The second-order valence-electron chi connectivity index (χ2n) is 5.14. The Morgan fingerprint density at radius 2 is 1.73 bits per heavy atom. The van der Waals surface area contributed by atoms with E-state index in [-0.39, 0.29) is 6.61 Å². The maximum Gasteiger partial charge on any atom is 0.161 e. The minimum Gasteiger partial charge on any atom is -0.395 e. The molecule has 0 aliphatic carbocycles. The SMILES string of the molecule is OCCn1c(CCc2ccccc2)nc2cc(F)c(F)cc21. The summed E-state index contributed by atoms with van der Waals surface area (Å²) in [7, 11) is 0. The van der Waals surface area contributed by atoms with Gasteiger partial charge in [0.05, 0.1) is 17.6 Å². The number of nitrogens with zero attached hydrogens (tertiary/aromatic N) is 2. The van der Waals surface area contributed by atoms with Gasteiger partial charge in [-0.3, -0.25) is 0 Å². The monoisotopic (exact) mass is 302 g/mol. The molecule has 0 atom stereocenters. The summed E-state index contributed by atoms with van der Waals surface area (Å²) in [6.45, 7) is 0.231. The second kappa shape index (κ2) is 6.23. The molecule has 0 radical (unpaired) electrons. The van der Waals surface area contributed by atoms with Crippen molar-refractivity contribution in [2.75, 3.05) is 6.61 Å². The van der Waals surface area contributed by atoms with Gasteiger partial charge in [-0.2, -0.15) is 0 Å². The fourth-order valence-corrected chi connectivity index (χ4v) is 2.61. The third-order valence-electron chi connectivity index (χ3n) is 3.67. The van der Waals surface area contributed by atoms with Gasteiger partial charge >= 0.3 is 0 Å². The van der Waals surface area contributed by atoms with Crippen molar-refractivity contribution < 1.29 is 13.9 Å². The van der Waals surface area contributed by atoms with Gasteiger partial charge in [-0.05, 0) is 12.0 Å². The van der Waals surface area contributed by atoms with E-state index < -0.39 is 11.6 Å². The van der Waals surface area contributed by atoms with Gasteiger partial charge in [0.25, 0.3) is 0 Å². The summed E-state index contributed by atoms with van der Waals surface area (Å²) >= 11 is 0. The van der Waals surface area contributed by atoms with Crippen molar-refractivity contribution in [3.05, 3.63) is 65.5 Å². The van der Waals surface area contributed by atoms with E-state index in [0.29, 0.717) is 24.0 Å². The van der Waals surface area contributed by atoms with E-state index in [4.69, 9.17) is 0 Å². The zero-order valence-electron chi connectivity index (χ0n) is 12.0. The first-order chi connectivity index (χ1) is 10.7. The standard InChI is InChI=1S/C17H16F2N2O/c18-13-10-15-16(11-14(13)19)21(8-9-22)17(20-15)7-6-12-4-2-1-3-5-12/h1-5,10-11,22H,6-9H2. The number of benzene rings is 2. The van der Waals surface area contributed by atoms with Crippen LogP contribution < -0.4 is 0 Å². The van der Waals surface area contributed by atoms with Crippen LogP contribution in [0.25, 0.3) is 11.0 Å². The van der Waals surface area contributed by atoms with Crippen molar-refractivity contribution in [2.45, 2.75) is 19.4 Å². The second-order valence-corrected chi connectivity index (χ2v) is 5.14. The molecule has 0 aliphatic heterocycles. The van der Waals surface area contributed by atoms with Gasteiger partial charge in [0.15, 0.2) is 11.6 Å². The first-order valence-corrected chi connectivity index (χ1v) is 7.18. The van der Waals surface area contributed by atoms with Crippen LogP contribution in [0.4, 0.5) is 8.78 Å². The van der Waals surface area contributed by atoms with E-state index in [9.17, 15) is 13.9 Å². The fourth-order valence-electron chi connectivity index (χ4n) is 2.61. The first-order valence-electron chi connectivity index (χ1n) is 7.18. The molecule has 22 heavy (non-hydrogen) atoms. The molecule has 2 aromatic carbocycles. The zero-order valence-corrected chi connectivity index (χ0v) is 12.0. The average molecular weight is 302 g/mol. The molecule has 1 aromatic heterocycles. The molecule has 114 valence electrons. The quantitative estimate of drug-likeness (QED) is 0.786. The summed E-state index contributed by atoms with van der Waals surface area (Å²) < 4.78 is 28.6. The van der Waals surface area contributed by atoms with Crippen LogP contribution >= 0.6 is 0 Å². The van der Waals surface area contributed by atoms with Gasteiger partial charge in [-0.25, -0.2) is 13.8 Å². The highest BCUT2D eigenvalue weighted by molar-refractivity contribution is 5.76. The van der Waals surface area contributed by atoms with Crippen molar-refractivity contribution in [2.24, 2.45) is 0 Å². The van der Waals surface area contributed by atoms with Crippen molar-refractivity contribution in [3.8, 4) is 0 Å². The number of aliphatic hydroxyl groups is 1. The molecule has 3 aromatic rings. The first kappa shape index (κ1) is 14.7. The van der Waals surface area contributed by atoms with Gasteiger partial charge in [0.2, 0.25) is 0 Å². The molecule has 0 saturated heterocycles. The summed E-state index contributed by atoms with van der Waals surface area (Å²) in [5, 5.41) is 9.21. The van der Waals surface area contributed by atoms with E-state index >= 15 is 0 Å². The highest BCUT2D eigenvalue weighted by Gasteiger charge is 2.14. The van der Waals surface area contributed by atoms with Crippen molar-refractivity contribution >= 4 is 11.0 Å². The van der Waals surface area contributed by atoms with E-state index in [2.05, 4.69) is 4.98 Å². The third kappa shape index (κ3) is 2.85. The topological polar surface area (TPSA) is 38.0 Å². The van der Waals surface area contributed by atoms with Gasteiger partial charge in [0, 0.05) is 25.1 Å². The minimum absolute atomic E-state index is 0.0806. The normalized spacial score (nSPS) is 11.2. The van der Waals surface area contributed by atoms with Crippen LogP contribution in [0.1, 0.15) is 11.4 Å². The molecule has 3 rings (SSSR count). The number of rotatable bonds is 5. The number of fused-ring (bicyclic) bond motifs is 1. The van der Waals surface area contributed by atoms with Gasteiger partial charge in [-0.1, -0.05) is 30.3 Å². The van der Waals surface area contributed by atoms with Gasteiger partial charge in [-0.15, -0.1) is 0 Å². The molecular formula is C17H16F2N2O. The Morgan fingerprint density at radius 3 is 2.45 bits per heavy atom. The zero-order chi connectivity index (χ0) is 15.5. The number of aliphatic hydroxyl groups excluding tert-OH is 1. The van der Waals surface area contributed by atoms with Crippen molar-refractivity contribution in [1.82, 2.24) is 9.55 Å². The van der Waals surface area contributed by atoms with Crippen LogP contribution in [0.2, 0.25) is 0 Å². The summed E-state index contributed by atoms with van der Waals surface area (Å²) in [5.41, 5.74) is 2.09. The van der Waals surface area contributed by atoms with Crippen molar-refractivity contribution in [1.29, 1.82) is 0 Å². The fraction of sp³-hybridized carbons (Fsp3) is 0.235.